The summed E-state index contributed by atoms with van der Waals surface area (Å²) >= 11 is 18.0. The smallest absolute Gasteiger partial charge is 0.263 e. The summed E-state index contributed by atoms with van der Waals surface area (Å²) in [4.78, 5) is 12.1. The molecule has 21 heavy (non-hydrogen) atoms. The van der Waals surface area contributed by atoms with Crippen LogP contribution in [-0.2, 0) is 4.79 Å². The largest absolute Gasteiger partial charge is 0.457 e. The van der Waals surface area contributed by atoms with Gasteiger partial charge in [0.2, 0.25) is 0 Å². The monoisotopic (exact) mass is 355 g/mol. The number of thiocarbonyl (C=S) groups is 1. The molecule has 106 valence electrons. The van der Waals surface area contributed by atoms with Crippen LogP contribution in [0.5, 0.6) is 0 Å². The molecule has 1 amide bonds. The number of halogens is 2. The Morgan fingerprint density at radius 3 is 2.67 bits per heavy atom. The molecule has 1 N–H and O–H groups in total. The number of carbonyl (C=O) groups excluding carboxylic acids is 1. The van der Waals surface area contributed by atoms with Crippen molar-refractivity contribution in [1.29, 1.82) is 0 Å². The minimum atomic E-state index is -0.211. The second-order valence-electron chi connectivity index (χ2n) is 4.18. The van der Waals surface area contributed by atoms with E-state index in [1.54, 1.807) is 24.3 Å². The highest BCUT2D eigenvalue weighted by Gasteiger charge is 2.22. The Morgan fingerprint density at radius 2 is 2.00 bits per heavy atom. The van der Waals surface area contributed by atoms with Crippen molar-refractivity contribution in [3.8, 4) is 11.3 Å². The molecule has 2 heterocycles. The first-order valence-electron chi connectivity index (χ1n) is 5.83. The molecule has 0 spiro atoms. The first kappa shape index (κ1) is 14.7. The van der Waals surface area contributed by atoms with Crippen molar-refractivity contribution in [2.24, 2.45) is 0 Å². The highest BCUT2D eigenvalue weighted by Crippen LogP contribution is 2.31. The SMILES string of the molecule is O=C1NC(=S)SC1=Cc1ccc(-c2ccc(Cl)c(Cl)c2)o1. The Hall–Kier alpha value is -1.27. The molecular formula is C14H7Cl2NO2S2. The van der Waals surface area contributed by atoms with Gasteiger partial charge in [-0.15, -0.1) is 0 Å². The number of carbonyl (C=O) groups is 1. The van der Waals surface area contributed by atoms with Gasteiger partial charge in [-0.05, 0) is 30.3 Å². The van der Waals surface area contributed by atoms with Crippen LogP contribution in [0, 0.1) is 0 Å². The molecule has 3 nitrogen and oxygen atoms in total. The maximum absolute atomic E-state index is 11.6. The number of thioether (sulfide) groups is 1. The van der Waals surface area contributed by atoms with Crippen molar-refractivity contribution >= 4 is 63.5 Å². The first-order chi connectivity index (χ1) is 10.0. The van der Waals surface area contributed by atoms with Crippen LogP contribution in [0.3, 0.4) is 0 Å². The van der Waals surface area contributed by atoms with Crippen molar-refractivity contribution in [3.63, 3.8) is 0 Å². The maximum Gasteiger partial charge on any atom is 0.263 e. The molecule has 3 rings (SSSR count). The van der Waals surface area contributed by atoms with E-state index in [1.165, 1.54) is 11.8 Å². The number of furan rings is 1. The third kappa shape index (κ3) is 3.16. The fraction of sp³-hybridized carbons (Fsp3) is 0. The predicted octanol–water partition coefficient (Wildman–Crippen LogP) is 4.74. The zero-order valence-corrected chi connectivity index (χ0v) is 13.5. The van der Waals surface area contributed by atoms with Crippen molar-refractivity contribution in [1.82, 2.24) is 5.32 Å². The van der Waals surface area contributed by atoms with E-state index in [-0.39, 0.29) is 5.91 Å². The second-order valence-corrected chi connectivity index (χ2v) is 6.72. The molecule has 1 saturated heterocycles. The van der Waals surface area contributed by atoms with Gasteiger partial charge < -0.3 is 9.73 Å². The summed E-state index contributed by atoms with van der Waals surface area (Å²) in [6, 6.07) is 8.84. The normalized spacial score (nSPS) is 16.6. The summed E-state index contributed by atoms with van der Waals surface area (Å²) in [6.45, 7) is 0. The van der Waals surface area contributed by atoms with Crippen LogP contribution in [0.2, 0.25) is 10.0 Å². The topological polar surface area (TPSA) is 42.2 Å². The molecule has 0 aliphatic carbocycles. The third-order valence-corrected chi connectivity index (χ3v) is 4.65. The van der Waals surface area contributed by atoms with Crippen LogP contribution in [-0.4, -0.2) is 10.2 Å². The molecule has 1 aromatic carbocycles. The van der Waals surface area contributed by atoms with Crippen molar-refractivity contribution < 1.29 is 9.21 Å². The molecule has 0 saturated carbocycles. The van der Waals surface area contributed by atoms with E-state index in [0.717, 1.165) is 5.56 Å². The fourth-order valence-corrected chi connectivity index (χ4v) is 3.11. The number of rotatable bonds is 2. The van der Waals surface area contributed by atoms with Gasteiger partial charge in [0, 0.05) is 11.6 Å². The van der Waals surface area contributed by atoms with Gasteiger partial charge in [-0.1, -0.05) is 47.2 Å². The molecule has 1 aromatic heterocycles. The lowest BCUT2D eigenvalue weighted by Crippen LogP contribution is -2.17. The highest BCUT2D eigenvalue weighted by molar-refractivity contribution is 8.26. The van der Waals surface area contributed by atoms with Crippen molar-refractivity contribution in [3.05, 3.63) is 51.0 Å². The first-order valence-corrected chi connectivity index (χ1v) is 7.81. The second kappa shape index (κ2) is 5.85. The molecule has 1 fully saturated rings. The summed E-state index contributed by atoms with van der Waals surface area (Å²) in [6.07, 6.45) is 1.65. The van der Waals surface area contributed by atoms with Gasteiger partial charge in [-0.25, -0.2) is 0 Å². The van der Waals surface area contributed by atoms with Crippen LogP contribution >= 0.6 is 47.2 Å². The Labute approximate surface area is 140 Å². The average molecular weight is 356 g/mol. The predicted molar refractivity (Wildman–Crippen MR) is 90.5 cm³/mol. The average Bonchev–Trinajstić information content (AvgIpc) is 3.01. The summed E-state index contributed by atoms with van der Waals surface area (Å²) in [7, 11) is 0. The number of nitrogens with one attached hydrogen (secondary N) is 1. The Bertz CT molecular complexity index is 783. The van der Waals surface area contributed by atoms with Crippen molar-refractivity contribution in [2.45, 2.75) is 0 Å². The summed E-state index contributed by atoms with van der Waals surface area (Å²) in [5, 5.41) is 3.50. The van der Waals surface area contributed by atoms with Gasteiger partial charge in [0.1, 0.15) is 15.8 Å². The Morgan fingerprint density at radius 1 is 1.19 bits per heavy atom. The summed E-state index contributed by atoms with van der Waals surface area (Å²) in [5.41, 5.74) is 0.813. The minimum absolute atomic E-state index is 0.211. The van der Waals surface area contributed by atoms with E-state index in [0.29, 0.717) is 30.8 Å². The van der Waals surface area contributed by atoms with Gasteiger partial charge in [-0.3, -0.25) is 4.79 Å². The van der Waals surface area contributed by atoms with E-state index in [9.17, 15) is 4.79 Å². The minimum Gasteiger partial charge on any atom is -0.457 e. The number of benzene rings is 1. The summed E-state index contributed by atoms with van der Waals surface area (Å²) in [5.74, 6) is 1.00. The van der Waals surface area contributed by atoms with Crippen LogP contribution < -0.4 is 5.32 Å². The van der Waals surface area contributed by atoms with Crippen LogP contribution in [0.25, 0.3) is 17.4 Å². The zero-order valence-electron chi connectivity index (χ0n) is 10.4. The molecule has 0 unspecified atom stereocenters. The van der Waals surface area contributed by atoms with Gasteiger partial charge >= 0.3 is 0 Å². The maximum atomic E-state index is 11.6. The molecule has 1 aliphatic rings. The fourth-order valence-electron chi connectivity index (χ4n) is 1.79. The summed E-state index contributed by atoms with van der Waals surface area (Å²) < 4.78 is 6.14. The molecule has 2 aromatic rings. The molecule has 0 bridgehead atoms. The van der Waals surface area contributed by atoms with Gasteiger partial charge in [0.15, 0.2) is 0 Å². The molecule has 7 heteroatoms. The van der Waals surface area contributed by atoms with E-state index in [4.69, 9.17) is 39.8 Å². The number of hydrogen-bond acceptors (Lipinski definition) is 4. The standard InChI is InChI=1S/C14H7Cl2NO2S2/c15-9-3-1-7(5-10(9)16)11-4-2-8(19-11)6-12-13(18)17-14(20)21-12/h1-6H,(H,17,18,20). The lowest BCUT2D eigenvalue weighted by Gasteiger charge is -1.99. The van der Waals surface area contributed by atoms with Gasteiger partial charge in [0.25, 0.3) is 5.91 Å². The lowest BCUT2D eigenvalue weighted by molar-refractivity contribution is -0.115. The van der Waals surface area contributed by atoms with E-state index in [1.807, 2.05) is 12.1 Å². The van der Waals surface area contributed by atoms with Gasteiger partial charge in [-0.2, -0.15) is 0 Å². The van der Waals surface area contributed by atoms with Gasteiger partial charge in [0.05, 0.1) is 15.0 Å². The molecule has 1 aliphatic heterocycles. The Kier molecular flexibility index (Phi) is 4.08. The van der Waals surface area contributed by atoms with Crippen LogP contribution in [0.1, 0.15) is 5.76 Å². The molecule has 0 atom stereocenters. The number of hydrogen-bond donors (Lipinski definition) is 1. The third-order valence-electron chi connectivity index (χ3n) is 2.75. The molecule has 0 radical (unpaired) electrons. The van der Waals surface area contributed by atoms with Crippen molar-refractivity contribution in [2.75, 3.05) is 0 Å². The van der Waals surface area contributed by atoms with Crippen LogP contribution in [0.15, 0.2) is 39.7 Å². The number of amides is 1. The van der Waals surface area contributed by atoms with E-state index in [2.05, 4.69) is 5.32 Å². The highest BCUT2D eigenvalue weighted by atomic mass is 35.5. The quantitative estimate of drug-likeness (QED) is 0.623. The van der Waals surface area contributed by atoms with Crippen LogP contribution in [0.4, 0.5) is 0 Å². The van der Waals surface area contributed by atoms with E-state index >= 15 is 0 Å². The zero-order chi connectivity index (χ0) is 15.0. The lowest BCUT2D eigenvalue weighted by atomic mass is 10.2. The molecular weight excluding hydrogens is 349 g/mol. The van der Waals surface area contributed by atoms with E-state index < -0.39 is 0 Å². The Balaban J connectivity index is 1.90.